The second-order valence-corrected chi connectivity index (χ2v) is 6.37. The van der Waals surface area contributed by atoms with E-state index >= 15 is 0 Å². The molecule has 0 fully saturated rings. The van der Waals surface area contributed by atoms with Crippen LogP contribution in [0.2, 0.25) is 0 Å². The van der Waals surface area contributed by atoms with Crippen LogP contribution in [0.25, 0.3) is 10.9 Å². The maximum Gasteiger partial charge on any atom is 0.321 e. The highest BCUT2D eigenvalue weighted by molar-refractivity contribution is 5.87. The molecular formula is C20H20N2O4. The molecule has 0 spiro atoms. The number of benzene rings is 2. The van der Waals surface area contributed by atoms with Crippen LogP contribution in [-0.4, -0.2) is 36.3 Å². The maximum absolute atomic E-state index is 11.7. The average molecular weight is 352 g/mol. The summed E-state index contributed by atoms with van der Waals surface area (Å²) in [6, 6.07) is 12.6. The molecule has 2 atom stereocenters. The molecule has 0 saturated carbocycles. The number of ether oxygens (including phenoxy) is 2. The van der Waals surface area contributed by atoms with Crippen molar-refractivity contribution in [1.29, 1.82) is 0 Å². The summed E-state index contributed by atoms with van der Waals surface area (Å²) in [7, 11) is 3.20. The minimum Gasteiger partial charge on any atom is -0.497 e. The third-order valence-corrected chi connectivity index (χ3v) is 4.96. The Balaban J connectivity index is 1.90. The molecule has 1 aromatic heterocycles. The number of aromatic amines is 1. The van der Waals surface area contributed by atoms with Crippen LogP contribution < -0.4 is 14.8 Å². The van der Waals surface area contributed by atoms with Crippen LogP contribution in [0.5, 0.6) is 11.5 Å². The van der Waals surface area contributed by atoms with E-state index in [1.54, 1.807) is 14.2 Å². The number of fused-ring (bicyclic) bond motifs is 3. The van der Waals surface area contributed by atoms with Crippen LogP contribution in [0.3, 0.4) is 0 Å². The van der Waals surface area contributed by atoms with Gasteiger partial charge in [0, 0.05) is 34.6 Å². The maximum atomic E-state index is 11.7. The zero-order valence-electron chi connectivity index (χ0n) is 14.6. The monoisotopic (exact) mass is 352 g/mol. The van der Waals surface area contributed by atoms with E-state index in [1.807, 2.05) is 42.5 Å². The highest BCUT2D eigenvalue weighted by Gasteiger charge is 2.35. The Morgan fingerprint density at radius 2 is 1.96 bits per heavy atom. The van der Waals surface area contributed by atoms with E-state index in [0.717, 1.165) is 27.7 Å². The second kappa shape index (κ2) is 6.38. The van der Waals surface area contributed by atoms with Gasteiger partial charge in [0.1, 0.15) is 17.5 Å². The summed E-state index contributed by atoms with van der Waals surface area (Å²) < 4.78 is 10.8. The molecule has 3 N–H and O–H groups in total. The number of aliphatic carboxylic acids is 1. The molecule has 4 rings (SSSR count). The van der Waals surface area contributed by atoms with E-state index in [1.165, 1.54) is 0 Å². The van der Waals surface area contributed by atoms with E-state index in [2.05, 4.69) is 10.3 Å². The summed E-state index contributed by atoms with van der Waals surface area (Å²) in [6.45, 7) is 0. The van der Waals surface area contributed by atoms with Gasteiger partial charge in [-0.2, -0.15) is 0 Å². The molecule has 6 heteroatoms. The zero-order valence-corrected chi connectivity index (χ0v) is 14.6. The van der Waals surface area contributed by atoms with Crippen molar-refractivity contribution < 1.29 is 19.4 Å². The number of rotatable bonds is 4. The Labute approximate surface area is 150 Å². The minimum absolute atomic E-state index is 0.312. The van der Waals surface area contributed by atoms with Crippen LogP contribution in [0.15, 0.2) is 42.5 Å². The molecule has 1 aliphatic heterocycles. The predicted octanol–water partition coefficient (Wildman–Crippen LogP) is 2.87. The molecule has 2 aromatic carbocycles. The first-order chi connectivity index (χ1) is 12.6. The van der Waals surface area contributed by atoms with E-state index in [-0.39, 0.29) is 6.04 Å². The number of para-hydroxylation sites is 1. The van der Waals surface area contributed by atoms with Gasteiger partial charge in [-0.25, -0.2) is 0 Å². The van der Waals surface area contributed by atoms with Gasteiger partial charge in [-0.3, -0.25) is 10.1 Å². The number of H-pyrrole nitrogens is 1. The lowest BCUT2D eigenvalue weighted by Crippen LogP contribution is -2.45. The van der Waals surface area contributed by atoms with Crippen molar-refractivity contribution in [2.24, 2.45) is 0 Å². The summed E-state index contributed by atoms with van der Waals surface area (Å²) in [5, 5.41) is 13.9. The molecule has 0 aliphatic carbocycles. The van der Waals surface area contributed by atoms with Crippen LogP contribution in [-0.2, 0) is 11.2 Å². The number of hydrogen-bond acceptors (Lipinski definition) is 4. The molecule has 3 aromatic rings. The molecule has 134 valence electrons. The van der Waals surface area contributed by atoms with Crippen LogP contribution >= 0.6 is 0 Å². The van der Waals surface area contributed by atoms with Gasteiger partial charge in [-0.05, 0) is 23.8 Å². The third kappa shape index (κ3) is 2.59. The third-order valence-electron chi connectivity index (χ3n) is 4.96. The van der Waals surface area contributed by atoms with Crippen LogP contribution in [0.1, 0.15) is 22.9 Å². The van der Waals surface area contributed by atoms with E-state index < -0.39 is 12.0 Å². The summed E-state index contributed by atoms with van der Waals surface area (Å²) >= 11 is 0. The van der Waals surface area contributed by atoms with E-state index in [0.29, 0.717) is 17.9 Å². The summed E-state index contributed by atoms with van der Waals surface area (Å²) in [5.74, 6) is 0.476. The molecule has 1 unspecified atom stereocenters. The lowest BCUT2D eigenvalue weighted by molar-refractivity contribution is -0.139. The molecule has 0 amide bonds. The molecular weight excluding hydrogens is 332 g/mol. The highest BCUT2D eigenvalue weighted by Crippen LogP contribution is 2.39. The standard InChI is InChI=1S/C20H20N2O4/c1-25-11-7-8-13(17(9-11)26-2)18-19-14(10-16(22-18)20(23)24)12-5-3-4-6-15(12)21-19/h3-9,16,18,21-22H,10H2,1-2H3,(H,23,24)/t16-,18?/m0/s1. The molecule has 0 radical (unpaired) electrons. The van der Waals surface area contributed by atoms with Crippen molar-refractivity contribution in [2.75, 3.05) is 14.2 Å². The van der Waals surface area contributed by atoms with Crippen molar-refractivity contribution in [2.45, 2.75) is 18.5 Å². The molecule has 2 heterocycles. The minimum atomic E-state index is -0.863. The van der Waals surface area contributed by atoms with Gasteiger partial charge in [-0.1, -0.05) is 18.2 Å². The fourth-order valence-corrected chi connectivity index (χ4v) is 3.70. The lowest BCUT2D eigenvalue weighted by Gasteiger charge is -2.30. The summed E-state index contributed by atoms with van der Waals surface area (Å²) in [5.41, 5.74) is 3.89. The average Bonchev–Trinajstić information content (AvgIpc) is 3.05. The van der Waals surface area contributed by atoms with Gasteiger partial charge in [0.05, 0.1) is 20.3 Å². The summed E-state index contributed by atoms with van der Waals surface area (Å²) in [4.78, 5) is 15.2. The normalized spacial score (nSPS) is 19.2. The van der Waals surface area contributed by atoms with Gasteiger partial charge in [-0.15, -0.1) is 0 Å². The van der Waals surface area contributed by atoms with Gasteiger partial charge in [0.25, 0.3) is 0 Å². The smallest absolute Gasteiger partial charge is 0.321 e. The Bertz CT molecular complexity index is 979. The first-order valence-corrected chi connectivity index (χ1v) is 8.42. The van der Waals surface area contributed by atoms with Crippen LogP contribution in [0, 0.1) is 0 Å². The molecule has 26 heavy (non-hydrogen) atoms. The first-order valence-electron chi connectivity index (χ1n) is 8.42. The van der Waals surface area contributed by atoms with Gasteiger partial charge < -0.3 is 19.6 Å². The van der Waals surface area contributed by atoms with Gasteiger partial charge in [0.2, 0.25) is 0 Å². The van der Waals surface area contributed by atoms with Crippen molar-refractivity contribution in [3.8, 4) is 11.5 Å². The fourth-order valence-electron chi connectivity index (χ4n) is 3.70. The molecule has 1 aliphatic rings. The Morgan fingerprint density at radius 1 is 1.15 bits per heavy atom. The van der Waals surface area contributed by atoms with Crippen LogP contribution in [0.4, 0.5) is 0 Å². The molecule has 0 bridgehead atoms. The number of carboxylic acid groups (broad SMARTS) is 1. The fraction of sp³-hybridized carbons (Fsp3) is 0.250. The van der Waals surface area contributed by atoms with E-state index in [9.17, 15) is 9.90 Å². The number of methoxy groups -OCH3 is 2. The quantitative estimate of drug-likeness (QED) is 0.672. The molecule has 6 nitrogen and oxygen atoms in total. The number of hydrogen-bond donors (Lipinski definition) is 3. The van der Waals surface area contributed by atoms with Crippen molar-refractivity contribution >= 4 is 16.9 Å². The zero-order chi connectivity index (χ0) is 18.3. The van der Waals surface area contributed by atoms with Gasteiger partial charge in [0.15, 0.2) is 0 Å². The lowest BCUT2D eigenvalue weighted by atomic mass is 9.90. The summed E-state index contributed by atoms with van der Waals surface area (Å²) in [6.07, 6.45) is 0.434. The van der Waals surface area contributed by atoms with Crippen molar-refractivity contribution in [1.82, 2.24) is 10.3 Å². The van der Waals surface area contributed by atoms with Crippen molar-refractivity contribution in [3.63, 3.8) is 0 Å². The number of nitrogens with one attached hydrogen (secondary N) is 2. The highest BCUT2D eigenvalue weighted by atomic mass is 16.5. The van der Waals surface area contributed by atoms with E-state index in [4.69, 9.17) is 9.47 Å². The number of carboxylic acids is 1. The SMILES string of the molecule is COc1ccc(C2N[C@H](C(=O)O)Cc3c2[nH]c2ccccc32)c(OC)c1. The number of aromatic nitrogens is 1. The Kier molecular flexibility index (Phi) is 4.05. The van der Waals surface area contributed by atoms with Crippen molar-refractivity contribution in [3.05, 3.63) is 59.3 Å². The largest absolute Gasteiger partial charge is 0.497 e. The first kappa shape index (κ1) is 16.5. The Hall–Kier alpha value is -2.99. The molecule has 0 saturated heterocycles. The Morgan fingerprint density at radius 3 is 2.69 bits per heavy atom. The topological polar surface area (TPSA) is 83.6 Å². The predicted molar refractivity (Wildman–Crippen MR) is 98.0 cm³/mol. The second-order valence-electron chi connectivity index (χ2n) is 6.37. The number of carbonyl (C=O) groups is 1. The van der Waals surface area contributed by atoms with Gasteiger partial charge >= 0.3 is 5.97 Å².